The van der Waals surface area contributed by atoms with E-state index in [1.165, 1.54) is 99.9 Å². The normalized spacial score (nSPS) is 15.0. The summed E-state index contributed by atoms with van der Waals surface area (Å²) in [7, 11) is 4.86. The molecule has 0 aliphatic carbocycles. The Bertz CT molecular complexity index is 5090. The minimum atomic E-state index is -0.394. The molecule has 4 heterocycles. The number of thiol groups is 2. The smallest absolute Gasteiger partial charge is 0.196 e. The van der Waals surface area contributed by atoms with Crippen LogP contribution in [0.25, 0.3) is 21.2 Å². The summed E-state index contributed by atoms with van der Waals surface area (Å²) in [5, 5.41) is 13.6. The molecule has 0 saturated heterocycles. The first-order chi connectivity index (χ1) is 52.0. The first-order valence-electron chi connectivity index (χ1n) is 36.8. The minimum Gasteiger partial charge on any atom is -0.497 e. The lowest BCUT2D eigenvalue weighted by Crippen LogP contribution is -2.21. The highest BCUT2D eigenvalue weighted by Gasteiger charge is 2.33. The third kappa shape index (κ3) is 23.4. The van der Waals surface area contributed by atoms with Crippen LogP contribution in [-0.2, 0) is 6.42 Å². The molecular weight excluding hydrogens is 1460 g/mol. The molecule has 7 nitrogen and oxygen atoms in total. The van der Waals surface area contributed by atoms with Crippen LogP contribution in [0.4, 0.5) is 5.69 Å². The number of aliphatic hydroxyl groups excluding tert-OH is 1. The summed E-state index contributed by atoms with van der Waals surface area (Å²) < 4.78 is 16.1. The Hall–Kier alpha value is -8.37. The number of hydrogen-bond acceptors (Lipinski definition) is 13. The zero-order valence-corrected chi connectivity index (χ0v) is 71.4. The van der Waals surface area contributed by atoms with Crippen LogP contribution in [-0.4, -0.2) is 49.5 Å². The van der Waals surface area contributed by atoms with E-state index in [2.05, 4.69) is 248 Å². The van der Waals surface area contributed by atoms with E-state index < -0.39 is 6.10 Å². The van der Waals surface area contributed by atoms with Crippen LogP contribution in [0.2, 0.25) is 0 Å². The van der Waals surface area contributed by atoms with Crippen molar-refractivity contribution in [3.8, 4) is 28.4 Å². The molecular formula is C96H105NO6S6. The van der Waals surface area contributed by atoms with Gasteiger partial charge in [0.25, 0.3) is 0 Å². The van der Waals surface area contributed by atoms with Gasteiger partial charge < -0.3 is 25.1 Å². The number of carbonyl (C=O) groups excluding carboxylic acids is 1. The molecule has 1 aromatic heterocycles. The molecule has 0 spiro atoms. The number of ketones is 1. The molecule has 3 aliphatic rings. The number of Topliss-reactive ketones (excluding diaryl/α,β-unsaturated/α-hetero) is 1. The van der Waals surface area contributed by atoms with Crippen molar-refractivity contribution in [1.29, 1.82) is 0 Å². The fourth-order valence-corrected chi connectivity index (χ4v) is 19.9. The van der Waals surface area contributed by atoms with Gasteiger partial charge in [-0.3, -0.25) is 9.59 Å². The Morgan fingerprint density at radius 2 is 0.862 bits per heavy atom. The Kier molecular flexibility index (Phi) is 30.7. The number of hydrogen-bond donors (Lipinski definition) is 4. The summed E-state index contributed by atoms with van der Waals surface area (Å²) in [5.41, 5.74) is 34.4. The molecule has 13 heteroatoms. The number of carbonyl (C=O) groups is 1. The van der Waals surface area contributed by atoms with Crippen LogP contribution in [0.1, 0.15) is 145 Å². The van der Waals surface area contributed by atoms with Crippen molar-refractivity contribution in [2.45, 2.75) is 159 Å². The zero-order valence-electron chi connectivity index (χ0n) is 66.4. The van der Waals surface area contributed by atoms with E-state index in [0.29, 0.717) is 5.92 Å². The largest absolute Gasteiger partial charge is 0.497 e. The van der Waals surface area contributed by atoms with Gasteiger partial charge >= 0.3 is 0 Å². The fraction of sp³-hybridized carbons (Fsp3) is 0.271. The van der Waals surface area contributed by atoms with Crippen molar-refractivity contribution in [2.75, 3.05) is 44.3 Å². The summed E-state index contributed by atoms with van der Waals surface area (Å²) in [6.45, 7) is 31.4. The van der Waals surface area contributed by atoms with Crippen molar-refractivity contribution in [2.24, 2.45) is 0 Å². The number of methoxy groups -OCH3 is 3. The van der Waals surface area contributed by atoms with Crippen molar-refractivity contribution >= 4 is 93.4 Å². The van der Waals surface area contributed by atoms with Crippen LogP contribution < -0.4 is 25.4 Å². The third-order valence-electron chi connectivity index (χ3n) is 19.4. The number of aliphatic hydroxyl groups is 1. The number of fused-ring (bicyclic) bond motifs is 4. The van der Waals surface area contributed by atoms with E-state index in [1.54, 1.807) is 50.4 Å². The average Bonchev–Trinajstić information content (AvgIpc) is 0.803. The molecule has 12 aromatic rings. The molecule has 0 radical (unpaired) electrons. The van der Waals surface area contributed by atoms with Gasteiger partial charge in [-0.05, 0) is 271 Å². The van der Waals surface area contributed by atoms with Gasteiger partial charge in [0.1, 0.15) is 17.2 Å². The van der Waals surface area contributed by atoms with Gasteiger partial charge in [0, 0.05) is 92.1 Å². The molecule has 3 N–H and O–H groups in total. The maximum Gasteiger partial charge on any atom is 0.196 e. The maximum absolute atomic E-state index is 12.8. The first kappa shape index (κ1) is 84.6. The number of anilines is 1. The SMILES string of the molecule is COc1cc(C)cc(N)c1.COc1cc(S)cc(OC)c1.Cc1cc(C)cc(S)c1.Cc1ccc(-c2csc3cc(C)cc(C)c3c2=O)cc1.Cc1ccc(C2CSc3cc(C)cc(C)c3C2)cc1.Cc1ccc(C2CSc3cc(C)cc(C)c3C2=O)cc1.Cc1ccc(C2CSc3cc(C)cc(C)c3C2O)cc1. The van der Waals surface area contributed by atoms with E-state index in [1.807, 2.05) is 110 Å². The molecule has 109 heavy (non-hydrogen) atoms. The Balaban J connectivity index is 0.000000150. The van der Waals surface area contributed by atoms with Crippen molar-refractivity contribution < 1.29 is 24.1 Å². The van der Waals surface area contributed by atoms with Gasteiger partial charge in [0.15, 0.2) is 11.2 Å². The molecule has 15 rings (SSSR count). The number of thioether (sulfide) groups is 3. The molecule has 3 aliphatic heterocycles. The molecule has 566 valence electrons. The number of nitrogen functional groups attached to an aromatic ring is 1. The van der Waals surface area contributed by atoms with Crippen LogP contribution in [0, 0.1) is 104 Å². The number of ether oxygens (including phenoxy) is 3. The van der Waals surface area contributed by atoms with Crippen molar-refractivity contribution in [1.82, 2.24) is 0 Å². The lowest BCUT2D eigenvalue weighted by atomic mass is 9.87. The maximum atomic E-state index is 12.8. The monoisotopic (exact) mass is 1560 g/mol. The number of rotatable bonds is 7. The molecule has 0 bridgehead atoms. The fourth-order valence-electron chi connectivity index (χ4n) is 13.9. The Labute approximate surface area is 676 Å². The molecule has 0 amide bonds. The molecule has 11 aromatic carbocycles. The molecule has 0 saturated carbocycles. The van der Waals surface area contributed by atoms with Crippen molar-refractivity contribution in [3.63, 3.8) is 0 Å². The van der Waals surface area contributed by atoms with Crippen LogP contribution >= 0.6 is 71.9 Å². The van der Waals surface area contributed by atoms with E-state index in [-0.39, 0.29) is 23.0 Å². The summed E-state index contributed by atoms with van der Waals surface area (Å²) in [6, 6.07) is 68.9. The second kappa shape index (κ2) is 39.5. The number of aryl methyl sites for hydroxylation is 15. The van der Waals surface area contributed by atoms with Crippen LogP contribution in [0.5, 0.6) is 17.2 Å². The number of benzene rings is 11. The quantitative estimate of drug-likeness (QED) is 0.0910. The van der Waals surface area contributed by atoms with Gasteiger partial charge in [0.2, 0.25) is 0 Å². The van der Waals surface area contributed by atoms with E-state index in [9.17, 15) is 14.7 Å². The van der Waals surface area contributed by atoms with E-state index in [4.69, 9.17) is 19.9 Å². The Morgan fingerprint density at radius 3 is 1.42 bits per heavy atom. The zero-order chi connectivity index (χ0) is 78.9. The lowest BCUT2D eigenvalue weighted by Gasteiger charge is -2.31. The highest BCUT2D eigenvalue weighted by molar-refractivity contribution is 8.00. The summed E-state index contributed by atoms with van der Waals surface area (Å²) in [6.07, 6.45) is 0.798. The van der Waals surface area contributed by atoms with E-state index >= 15 is 0 Å². The predicted molar refractivity (Wildman–Crippen MR) is 475 cm³/mol. The lowest BCUT2D eigenvalue weighted by molar-refractivity contribution is 0.0962. The van der Waals surface area contributed by atoms with E-state index in [0.717, 1.165) is 104 Å². The average molecular weight is 1560 g/mol. The molecule has 4 unspecified atom stereocenters. The first-order valence-corrected chi connectivity index (χ1v) is 41.5. The summed E-state index contributed by atoms with van der Waals surface area (Å²) in [4.78, 5) is 31.4. The van der Waals surface area contributed by atoms with Gasteiger partial charge in [0.05, 0.1) is 33.4 Å². The highest BCUT2D eigenvalue weighted by Crippen LogP contribution is 2.47. The second-order valence-corrected chi connectivity index (χ2v) is 34.2. The minimum absolute atomic E-state index is 0.00509. The van der Waals surface area contributed by atoms with Gasteiger partial charge in [-0.1, -0.05) is 150 Å². The molecule has 4 atom stereocenters. The van der Waals surface area contributed by atoms with Crippen LogP contribution in [0.15, 0.2) is 235 Å². The topological polar surface area (TPSA) is 108 Å². The third-order valence-corrected chi connectivity index (χ3v) is 24.4. The summed E-state index contributed by atoms with van der Waals surface area (Å²) >= 11 is 15.7. The number of nitrogens with two attached hydrogens (primary N) is 1. The second-order valence-electron chi connectivity index (χ2n) is 29.0. The van der Waals surface area contributed by atoms with Crippen molar-refractivity contribution in [3.05, 3.63) is 333 Å². The van der Waals surface area contributed by atoms with Crippen LogP contribution in [0.3, 0.4) is 0 Å². The van der Waals surface area contributed by atoms with Gasteiger partial charge in [-0.2, -0.15) is 0 Å². The summed E-state index contributed by atoms with van der Waals surface area (Å²) in [5.74, 6) is 6.46. The molecule has 0 fully saturated rings. The standard InChI is InChI=1S/C18H20OS.C18H18OS.C18H16OS.C18H20S.C8H11NO.C8H10O2S.C8H10S/c3*1-11-4-6-14(7-5-11)15-10-20-16-9-12(2)8-13(3)17(16)18(15)19;1-12-4-6-15(7-5-12)16-10-17-14(3)8-13(2)9-18(17)19-11-16;1-6-3-7(9)5-8(4-6)10-2;1-9-6-3-7(10-2)5-8(11)4-6;1-6-3-7(2)5-8(9)4-6/h4-9,15,18-19H,10H2,1-3H3;4-9,15H,10H2,1-3H3;4-10H,1-3H3;4-9,16H,10-11H2,1-3H3;3-5H,9H2,1-2H3;3-5,11H,1-2H3;3-5,9H,1-2H3. The predicted octanol–water partition coefficient (Wildman–Crippen LogP) is 25.3. The van der Waals surface area contributed by atoms with Gasteiger partial charge in [-0.15, -0.1) is 71.9 Å². The van der Waals surface area contributed by atoms with Gasteiger partial charge in [-0.25, -0.2) is 0 Å². The Morgan fingerprint density at radius 1 is 0.413 bits per heavy atom. The highest BCUT2D eigenvalue weighted by atomic mass is 32.2.